The van der Waals surface area contributed by atoms with Crippen LogP contribution in [-0.2, 0) is 5.41 Å². The van der Waals surface area contributed by atoms with Crippen LogP contribution in [0.2, 0.25) is 0 Å². The van der Waals surface area contributed by atoms with Crippen LogP contribution >= 0.6 is 0 Å². The second kappa shape index (κ2) is 15.6. The maximum Gasteiger partial charge on any atom is 0.0754 e. The molecule has 0 saturated carbocycles. The summed E-state index contributed by atoms with van der Waals surface area (Å²) >= 11 is 0. The average Bonchev–Trinajstić information content (AvgIpc) is 3.93. The molecule has 2 heterocycles. The minimum atomic E-state index is -0.507. The molecule has 0 saturated heterocycles. The summed E-state index contributed by atoms with van der Waals surface area (Å²) < 4.78 is 2.52. The minimum Gasteiger partial charge on any atom is -0.310 e. The van der Waals surface area contributed by atoms with Crippen molar-refractivity contribution in [1.82, 2.24) is 4.57 Å². The summed E-state index contributed by atoms with van der Waals surface area (Å²) in [5.74, 6) is 0. The molecule has 0 fully saturated rings. The van der Waals surface area contributed by atoms with Gasteiger partial charge in [0.05, 0.1) is 27.8 Å². The van der Waals surface area contributed by atoms with E-state index in [-0.39, 0.29) is 0 Å². The largest absolute Gasteiger partial charge is 0.310 e. The molecule has 1 aromatic heterocycles. The van der Waals surface area contributed by atoms with Gasteiger partial charge in [0, 0.05) is 27.7 Å². The van der Waals surface area contributed by atoms with Gasteiger partial charge in [0.15, 0.2) is 0 Å². The van der Waals surface area contributed by atoms with Gasteiger partial charge in [-0.2, -0.15) is 0 Å². The van der Waals surface area contributed by atoms with Crippen LogP contribution in [-0.4, -0.2) is 4.57 Å². The van der Waals surface area contributed by atoms with Gasteiger partial charge in [0.1, 0.15) is 0 Å². The van der Waals surface area contributed by atoms with E-state index < -0.39 is 5.41 Å². The molecule has 322 valence electrons. The number of aromatic nitrogens is 1. The Morgan fingerprint density at radius 1 is 0.304 bits per heavy atom. The van der Waals surface area contributed by atoms with E-state index in [4.69, 9.17) is 0 Å². The van der Waals surface area contributed by atoms with Crippen molar-refractivity contribution >= 4 is 38.9 Å². The molecule has 1 spiro atoms. The topological polar surface area (TPSA) is 8.17 Å². The van der Waals surface area contributed by atoms with Gasteiger partial charge in [-0.3, -0.25) is 0 Å². The Balaban J connectivity index is 0.939. The predicted molar refractivity (Wildman–Crippen MR) is 288 cm³/mol. The number of hydrogen-bond acceptors (Lipinski definition) is 1. The van der Waals surface area contributed by atoms with Gasteiger partial charge in [0.2, 0.25) is 0 Å². The molecule has 1 aliphatic carbocycles. The number of para-hydroxylation sites is 4. The van der Waals surface area contributed by atoms with Crippen LogP contribution in [0.5, 0.6) is 0 Å². The van der Waals surface area contributed by atoms with Crippen molar-refractivity contribution in [2.24, 2.45) is 0 Å². The van der Waals surface area contributed by atoms with E-state index in [2.05, 4.69) is 276 Å². The zero-order chi connectivity index (χ0) is 45.5. The van der Waals surface area contributed by atoms with Gasteiger partial charge in [-0.05, 0) is 121 Å². The molecular formula is C67H44N2. The van der Waals surface area contributed by atoms with Gasteiger partial charge >= 0.3 is 0 Å². The molecule has 11 aromatic carbocycles. The van der Waals surface area contributed by atoms with E-state index in [1.54, 1.807) is 0 Å². The number of anilines is 3. The molecule has 0 radical (unpaired) electrons. The van der Waals surface area contributed by atoms with Crippen LogP contribution in [0, 0.1) is 0 Å². The second-order valence-electron chi connectivity index (χ2n) is 18.4. The van der Waals surface area contributed by atoms with Gasteiger partial charge in [-0.1, -0.05) is 218 Å². The molecule has 1 aliphatic heterocycles. The first-order valence-electron chi connectivity index (χ1n) is 23.9. The van der Waals surface area contributed by atoms with Crippen LogP contribution in [0.25, 0.3) is 83.1 Å². The smallest absolute Gasteiger partial charge is 0.0754 e. The van der Waals surface area contributed by atoms with E-state index in [9.17, 15) is 0 Å². The highest BCUT2D eigenvalue weighted by Gasteiger charge is 2.51. The maximum atomic E-state index is 2.52. The van der Waals surface area contributed by atoms with E-state index in [0.717, 1.165) is 22.6 Å². The highest BCUT2D eigenvalue weighted by atomic mass is 15.1. The van der Waals surface area contributed by atoms with Gasteiger partial charge < -0.3 is 9.47 Å². The molecule has 14 rings (SSSR count). The number of hydrogen-bond donors (Lipinski definition) is 0. The fraction of sp³-hybridized carbons (Fsp3) is 0.0149. The minimum absolute atomic E-state index is 0.507. The monoisotopic (exact) mass is 876 g/mol. The van der Waals surface area contributed by atoms with Crippen LogP contribution in [0.4, 0.5) is 17.1 Å². The van der Waals surface area contributed by atoms with Crippen molar-refractivity contribution in [1.29, 1.82) is 0 Å². The fourth-order valence-corrected chi connectivity index (χ4v) is 11.9. The molecular weight excluding hydrogens is 833 g/mol. The lowest BCUT2D eigenvalue weighted by atomic mass is 9.65. The zero-order valence-electron chi connectivity index (χ0n) is 37.8. The first-order valence-corrected chi connectivity index (χ1v) is 23.9. The molecule has 2 heteroatoms. The Bertz CT molecular complexity index is 3940. The van der Waals surface area contributed by atoms with Gasteiger partial charge in [0.25, 0.3) is 0 Å². The van der Waals surface area contributed by atoms with E-state index >= 15 is 0 Å². The molecule has 0 N–H and O–H groups in total. The number of benzene rings is 11. The fourth-order valence-electron chi connectivity index (χ4n) is 11.9. The van der Waals surface area contributed by atoms with Crippen LogP contribution in [0.15, 0.2) is 267 Å². The summed E-state index contributed by atoms with van der Waals surface area (Å²) in [6.07, 6.45) is 0. The number of rotatable bonds is 7. The summed E-state index contributed by atoms with van der Waals surface area (Å²) in [5.41, 5.74) is 24.0. The van der Waals surface area contributed by atoms with E-state index in [0.29, 0.717) is 0 Å². The quantitative estimate of drug-likeness (QED) is 0.155. The lowest BCUT2D eigenvalue weighted by Gasteiger charge is -2.39. The lowest BCUT2D eigenvalue weighted by Crippen LogP contribution is -2.33. The summed E-state index contributed by atoms with van der Waals surface area (Å²) in [6, 6.07) is 98.4. The molecule has 0 bridgehead atoms. The summed E-state index contributed by atoms with van der Waals surface area (Å²) in [5, 5.41) is 2.57. The van der Waals surface area contributed by atoms with Gasteiger partial charge in [-0.15, -0.1) is 0 Å². The Morgan fingerprint density at radius 3 is 1.59 bits per heavy atom. The van der Waals surface area contributed by atoms with Crippen LogP contribution < -0.4 is 4.90 Å². The van der Waals surface area contributed by atoms with Crippen molar-refractivity contribution in [3.63, 3.8) is 0 Å². The normalized spacial score (nSPS) is 14.1. The molecule has 1 atom stereocenters. The predicted octanol–water partition coefficient (Wildman–Crippen LogP) is 17.6. The molecule has 0 amide bonds. The second-order valence-corrected chi connectivity index (χ2v) is 18.4. The molecule has 2 nitrogen and oxygen atoms in total. The number of nitrogens with zero attached hydrogens (tertiary/aromatic N) is 2. The third-order valence-corrected chi connectivity index (χ3v) is 14.8. The van der Waals surface area contributed by atoms with E-state index in [1.807, 2.05) is 0 Å². The lowest BCUT2D eigenvalue weighted by molar-refractivity contribution is 0.748. The Hall–Kier alpha value is -8.98. The Labute approximate surface area is 402 Å². The first-order chi connectivity index (χ1) is 34.3. The van der Waals surface area contributed by atoms with Crippen LogP contribution in [0.1, 0.15) is 22.3 Å². The summed E-state index contributed by atoms with van der Waals surface area (Å²) in [4.78, 5) is 2.42. The molecule has 69 heavy (non-hydrogen) atoms. The van der Waals surface area contributed by atoms with Crippen molar-refractivity contribution < 1.29 is 0 Å². The van der Waals surface area contributed by atoms with Crippen molar-refractivity contribution in [2.75, 3.05) is 4.90 Å². The highest BCUT2D eigenvalue weighted by molar-refractivity contribution is 6.13. The summed E-state index contributed by atoms with van der Waals surface area (Å²) in [6.45, 7) is 0. The summed E-state index contributed by atoms with van der Waals surface area (Å²) in [7, 11) is 0. The average molecular weight is 877 g/mol. The van der Waals surface area contributed by atoms with Crippen LogP contribution in [0.3, 0.4) is 0 Å². The molecule has 2 aliphatic rings. The van der Waals surface area contributed by atoms with E-state index in [1.165, 1.54) is 99.8 Å². The van der Waals surface area contributed by atoms with Gasteiger partial charge in [-0.25, -0.2) is 0 Å². The zero-order valence-corrected chi connectivity index (χ0v) is 37.8. The third kappa shape index (κ3) is 5.86. The third-order valence-electron chi connectivity index (χ3n) is 14.8. The first kappa shape index (κ1) is 39.2. The standard InChI is InChI=1S/C67H44N2/c1-3-18-45(19-4-1)47-36-40-51(41-37-47)68(62-33-12-8-24-53(62)50-23-15-22-49(44-50)46-20-5-2-6-21-46)52-42-38-48(39-43-52)54-27-16-31-60-65(54)57-26-7-10-29-58(57)67(60)59-30-11-14-35-64(59)69-63-34-13-9-25-55(63)56-28-17-32-61(67)66(56)69/h1-44H. The Kier molecular flexibility index (Phi) is 8.84. The maximum absolute atomic E-state index is 2.52. The molecule has 12 aromatic rings. The number of fused-ring (bicyclic) bond motifs is 12. The highest BCUT2D eigenvalue weighted by Crippen LogP contribution is 2.62. The SMILES string of the molecule is c1ccc(-c2ccc(N(c3ccc(-c4cccc5c4-c4ccccc4C54c5ccccc5-n5c6ccccc6c6cccc4c65)cc3)c3ccccc3-c3cccc(-c4ccccc4)c3)cc2)cc1. The van der Waals surface area contributed by atoms with Crippen molar-refractivity contribution in [3.8, 4) is 61.3 Å². The van der Waals surface area contributed by atoms with Crippen molar-refractivity contribution in [2.45, 2.75) is 5.41 Å². The van der Waals surface area contributed by atoms with Crippen molar-refractivity contribution in [3.05, 3.63) is 289 Å². The molecule has 1 unspecified atom stereocenters. The Morgan fingerprint density at radius 2 is 0.812 bits per heavy atom.